The van der Waals surface area contributed by atoms with Crippen molar-refractivity contribution in [2.75, 3.05) is 0 Å². The van der Waals surface area contributed by atoms with E-state index in [1.807, 2.05) is 6.07 Å². The van der Waals surface area contributed by atoms with Crippen LogP contribution in [0.5, 0.6) is 0 Å². The Balaban J connectivity index is 1.64. The highest BCUT2D eigenvalue weighted by Gasteiger charge is 2.37. The number of carbonyl (C=O) groups is 1. The van der Waals surface area contributed by atoms with E-state index in [9.17, 15) is 13.6 Å². The van der Waals surface area contributed by atoms with Crippen LogP contribution in [0.25, 0.3) is 0 Å². The van der Waals surface area contributed by atoms with Gasteiger partial charge in [0.2, 0.25) is 5.78 Å². The van der Waals surface area contributed by atoms with Crippen LogP contribution in [0.1, 0.15) is 41.9 Å². The highest BCUT2D eigenvalue weighted by molar-refractivity contribution is 14.1. The molecule has 3 rings (SSSR count). The first-order valence-corrected chi connectivity index (χ1v) is 11.9. The molecule has 0 atom stereocenters. The standard InChI is InChI=1S/C21H18Cl2F2INOS/c22-16-4-2-5-17(23)20(16)29-12-15-3-1-6-18(27-15)19(28)11-13-7-9-14(10-8-13)21(24,25)26/h1-6,11,14H,7-10,12H2. The average molecular weight is 568 g/mol. The fraction of sp³-hybridized carbons (Fsp3) is 0.333. The number of ketones is 1. The van der Waals surface area contributed by atoms with Crippen molar-refractivity contribution in [3.8, 4) is 0 Å². The normalized spacial score (nSPS) is 17.3. The summed E-state index contributed by atoms with van der Waals surface area (Å²) in [6.07, 6.45) is 3.41. The molecule has 1 fully saturated rings. The van der Waals surface area contributed by atoms with Crippen molar-refractivity contribution in [1.82, 2.24) is 4.98 Å². The smallest absolute Gasteiger partial charge is 0.288 e. The van der Waals surface area contributed by atoms with E-state index in [1.54, 1.807) is 36.4 Å². The van der Waals surface area contributed by atoms with Gasteiger partial charge in [0.1, 0.15) is 5.69 Å². The number of rotatable bonds is 6. The van der Waals surface area contributed by atoms with Crippen molar-refractivity contribution in [1.29, 1.82) is 0 Å². The molecule has 0 N–H and O–H groups in total. The second kappa shape index (κ2) is 10.1. The van der Waals surface area contributed by atoms with Crippen LogP contribution >= 0.6 is 57.6 Å². The number of carbonyl (C=O) groups excluding carboxylic acids is 1. The molecule has 1 aromatic carbocycles. The lowest BCUT2D eigenvalue weighted by Gasteiger charge is -2.27. The van der Waals surface area contributed by atoms with Gasteiger partial charge in [-0.15, -0.1) is 11.8 Å². The molecule has 2 aromatic rings. The fourth-order valence-corrected chi connectivity index (χ4v) is 5.40. The number of aromatic nitrogens is 1. The Hall–Kier alpha value is -0.700. The van der Waals surface area contributed by atoms with Gasteiger partial charge in [0.05, 0.1) is 15.7 Å². The highest BCUT2D eigenvalue weighted by Crippen LogP contribution is 2.42. The zero-order valence-corrected chi connectivity index (χ0v) is 19.8. The van der Waals surface area contributed by atoms with Gasteiger partial charge >= 0.3 is 0 Å². The number of hydrogen-bond acceptors (Lipinski definition) is 3. The molecule has 1 saturated carbocycles. The predicted molar refractivity (Wildman–Crippen MR) is 124 cm³/mol. The summed E-state index contributed by atoms with van der Waals surface area (Å²) in [6, 6.07) is 10.6. The molecule has 154 valence electrons. The van der Waals surface area contributed by atoms with E-state index in [-0.39, 0.29) is 5.78 Å². The first kappa shape index (κ1) is 23.0. The fourth-order valence-electron chi connectivity index (χ4n) is 3.18. The van der Waals surface area contributed by atoms with Crippen molar-refractivity contribution >= 4 is 63.3 Å². The molecule has 1 aliphatic rings. The number of benzene rings is 1. The van der Waals surface area contributed by atoms with Crippen LogP contribution in [-0.4, -0.2) is 14.7 Å². The van der Waals surface area contributed by atoms with Gasteiger partial charge in [-0.25, -0.2) is 4.98 Å². The molecule has 0 unspecified atom stereocenters. The monoisotopic (exact) mass is 567 g/mol. The van der Waals surface area contributed by atoms with E-state index in [1.165, 1.54) is 34.4 Å². The lowest BCUT2D eigenvalue weighted by Crippen LogP contribution is -2.24. The van der Waals surface area contributed by atoms with Crippen molar-refractivity contribution in [3.05, 3.63) is 69.5 Å². The first-order valence-electron chi connectivity index (χ1n) is 9.07. The molecule has 0 bridgehead atoms. The van der Waals surface area contributed by atoms with Crippen molar-refractivity contribution in [2.45, 2.75) is 40.3 Å². The Morgan fingerprint density at radius 3 is 2.41 bits per heavy atom. The number of allylic oxidation sites excluding steroid dienone is 2. The topological polar surface area (TPSA) is 30.0 Å². The van der Waals surface area contributed by atoms with E-state index in [2.05, 4.69) is 4.98 Å². The maximum atomic E-state index is 13.4. The van der Waals surface area contributed by atoms with Crippen LogP contribution in [0.15, 0.2) is 52.9 Å². The largest absolute Gasteiger partial charge is 0.299 e. The Morgan fingerprint density at radius 2 is 1.79 bits per heavy atom. The van der Waals surface area contributed by atoms with Crippen LogP contribution in [0.3, 0.4) is 0 Å². The average Bonchev–Trinajstić information content (AvgIpc) is 2.67. The Bertz CT molecular complexity index is 903. The SMILES string of the molecule is O=C(C=C1CCC(C(F)(F)I)CC1)c1cccc(CSc2c(Cl)cccc2Cl)n1. The van der Waals surface area contributed by atoms with Gasteiger partial charge in [0.15, 0.2) is 0 Å². The van der Waals surface area contributed by atoms with Gasteiger partial charge in [-0.05, 0) is 78.6 Å². The number of nitrogens with zero attached hydrogens (tertiary/aromatic N) is 1. The van der Waals surface area contributed by atoms with Crippen LogP contribution < -0.4 is 0 Å². The summed E-state index contributed by atoms with van der Waals surface area (Å²) in [6.45, 7) is 0. The second-order valence-corrected chi connectivity index (χ2v) is 10.1. The van der Waals surface area contributed by atoms with E-state index in [0.29, 0.717) is 47.2 Å². The molecule has 0 spiro atoms. The lowest BCUT2D eigenvalue weighted by atomic mass is 9.85. The molecule has 0 radical (unpaired) electrons. The van der Waals surface area contributed by atoms with Gasteiger partial charge in [-0.3, -0.25) is 4.79 Å². The third kappa shape index (κ3) is 6.39. The van der Waals surface area contributed by atoms with E-state index in [4.69, 9.17) is 23.2 Å². The maximum Gasteiger partial charge on any atom is 0.299 e. The minimum Gasteiger partial charge on any atom is -0.288 e. The zero-order valence-electron chi connectivity index (χ0n) is 15.3. The Morgan fingerprint density at radius 1 is 1.17 bits per heavy atom. The molecule has 1 heterocycles. The second-order valence-electron chi connectivity index (χ2n) is 6.84. The summed E-state index contributed by atoms with van der Waals surface area (Å²) in [5.74, 6) is -0.291. The predicted octanol–water partition coefficient (Wildman–Crippen LogP) is 8.01. The summed E-state index contributed by atoms with van der Waals surface area (Å²) in [4.78, 5) is 17.8. The van der Waals surface area contributed by atoms with Gasteiger partial charge in [-0.2, -0.15) is 8.78 Å². The van der Waals surface area contributed by atoms with Crippen molar-refractivity contribution in [2.24, 2.45) is 5.92 Å². The quantitative estimate of drug-likeness (QED) is 0.116. The molecule has 0 saturated heterocycles. The Labute approximate surface area is 196 Å². The van der Waals surface area contributed by atoms with E-state index in [0.717, 1.165) is 16.2 Å². The van der Waals surface area contributed by atoms with Crippen LogP contribution in [0.2, 0.25) is 10.0 Å². The van der Waals surface area contributed by atoms with Crippen LogP contribution in [0.4, 0.5) is 8.78 Å². The summed E-state index contributed by atoms with van der Waals surface area (Å²) in [7, 11) is 0. The third-order valence-electron chi connectivity index (χ3n) is 4.77. The summed E-state index contributed by atoms with van der Waals surface area (Å²) < 4.78 is 24.2. The summed E-state index contributed by atoms with van der Waals surface area (Å²) in [5.41, 5.74) is 2.00. The van der Waals surface area contributed by atoms with Gasteiger partial charge < -0.3 is 0 Å². The maximum absolute atomic E-state index is 13.4. The van der Waals surface area contributed by atoms with Gasteiger partial charge in [0.25, 0.3) is 3.93 Å². The zero-order chi connectivity index (χ0) is 21.0. The van der Waals surface area contributed by atoms with Crippen LogP contribution in [0, 0.1) is 5.92 Å². The number of alkyl halides is 3. The summed E-state index contributed by atoms with van der Waals surface area (Å²) >= 11 is 15.0. The van der Waals surface area contributed by atoms with E-state index < -0.39 is 9.85 Å². The van der Waals surface area contributed by atoms with Crippen LogP contribution in [-0.2, 0) is 5.75 Å². The molecular weight excluding hydrogens is 550 g/mol. The molecular formula is C21H18Cl2F2INOS. The Kier molecular flexibility index (Phi) is 7.98. The number of pyridine rings is 1. The molecule has 2 nitrogen and oxygen atoms in total. The lowest BCUT2D eigenvalue weighted by molar-refractivity contribution is 0.0435. The number of thioether (sulfide) groups is 1. The highest BCUT2D eigenvalue weighted by atomic mass is 127. The molecule has 8 heteroatoms. The van der Waals surface area contributed by atoms with Gasteiger partial charge in [-0.1, -0.05) is 40.9 Å². The van der Waals surface area contributed by atoms with Gasteiger partial charge in [0, 0.05) is 16.6 Å². The molecule has 0 aliphatic heterocycles. The summed E-state index contributed by atoms with van der Waals surface area (Å²) in [5, 5.41) is 1.15. The van der Waals surface area contributed by atoms with Crippen molar-refractivity contribution in [3.63, 3.8) is 0 Å². The molecule has 1 aromatic heterocycles. The number of hydrogen-bond donors (Lipinski definition) is 0. The van der Waals surface area contributed by atoms with Crippen molar-refractivity contribution < 1.29 is 13.6 Å². The minimum atomic E-state index is -2.69. The number of halogens is 5. The van der Waals surface area contributed by atoms with E-state index >= 15 is 0 Å². The molecule has 29 heavy (non-hydrogen) atoms. The third-order valence-corrected chi connectivity index (χ3v) is 7.67. The molecule has 0 amide bonds. The molecule has 1 aliphatic carbocycles. The minimum absolute atomic E-state index is 0.192. The first-order chi connectivity index (χ1) is 13.7.